The van der Waals surface area contributed by atoms with Crippen molar-refractivity contribution in [1.29, 1.82) is 0 Å². The van der Waals surface area contributed by atoms with E-state index in [1.54, 1.807) is 6.92 Å². The van der Waals surface area contributed by atoms with Gasteiger partial charge in [0.05, 0.1) is 37.4 Å². The molecule has 1 N–H and O–H groups in total. The fourth-order valence-electron chi connectivity index (χ4n) is 3.62. The number of azo groups is 1. The number of hydrogen-bond donors (Lipinski definition) is 1. The minimum absolute atomic E-state index is 0. The smallest absolute Gasteiger partial charge is 0.748 e. The zero-order valence-electron chi connectivity index (χ0n) is 24.2. The Hall–Kier alpha value is -0.530. The molecule has 1 aromatic carbocycles. The van der Waals surface area contributed by atoms with Gasteiger partial charge in [-0.15, -0.1) is 20.4 Å². The first kappa shape index (κ1) is 40.5. The topological polar surface area (TPSA) is 197 Å². The summed E-state index contributed by atoms with van der Waals surface area (Å²) in [7, 11) is -9.22. The number of benzene rings is 1. The van der Waals surface area contributed by atoms with E-state index in [9.17, 15) is 30.7 Å². The molecule has 0 saturated carbocycles. The van der Waals surface area contributed by atoms with E-state index >= 15 is 0 Å². The third-order valence-electron chi connectivity index (χ3n) is 5.87. The van der Waals surface area contributed by atoms with E-state index in [-0.39, 0.29) is 102 Å². The number of hydrogen-bond acceptors (Lipinski definition) is 13. The SMILES string of the molecule is CCCCC(CC)Cc1nnc(N=Nc2ccc(N(CCS(=O)(=O)[O-])CCS(=O)(=O)[O-])cc2NC(=O)CC)s1.[Na+].[Na+]. The van der Waals surface area contributed by atoms with Crippen molar-refractivity contribution in [3.8, 4) is 0 Å². The van der Waals surface area contributed by atoms with Gasteiger partial charge in [0.15, 0.2) is 0 Å². The van der Waals surface area contributed by atoms with Gasteiger partial charge in [-0.05, 0) is 24.1 Å². The standard InChI is InChI=1S/C23H36N6O7S3.2Na/c1-4-7-8-17(5-2)15-22-26-28-23(37-22)27-25-19-10-9-18(16-20(19)24-21(30)6-3)29(11-13-38(31,32)33)12-14-39(34,35)36;;/h9-10,16-17H,4-8,11-15H2,1-3H3,(H,24,30)(H,31,32,33)(H,34,35,36);;/q;2*+1/p-2. The second kappa shape index (κ2) is 19.7. The minimum atomic E-state index is -4.61. The van der Waals surface area contributed by atoms with Crippen LogP contribution in [0.25, 0.3) is 0 Å². The van der Waals surface area contributed by atoms with Crippen molar-refractivity contribution >= 4 is 59.7 Å². The molecule has 0 spiro atoms. The van der Waals surface area contributed by atoms with Crippen molar-refractivity contribution in [2.45, 2.75) is 59.3 Å². The number of amides is 1. The summed E-state index contributed by atoms with van der Waals surface area (Å²) in [6, 6.07) is 4.44. The maximum absolute atomic E-state index is 12.2. The number of carbonyl (C=O) groups is 1. The van der Waals surface area contributed by atoms with Crippen LogP contribution >= 0.6 is 11.3 Å². The predicted octanol–water partition coefficient (Wildman–Crippen LogP) is -2.03. The molecule has 1 aromatic heterocycles. The Morgan fingerprint density at radius 2 is 1.66 bits per heavy atom. The molecule has 0 aliphatic rings. The summed E-state index contributed by atoms with van der Waals surface area (Å²) in [6.07, 6.45) is 5.42. The van der Waals surface area contributed by atoms with Gasteiger partial charge in [0.2, 0.25) is 5.91 Å². The first-order valence-electron chi connectivity index (χ1n) is 12.6. The van der Waals surface area contributed by atoms with Crippen LogP contribution in [0.1, 0.15) is 57.9 Å². The largest absolute Gasteiger partial charge is 1.00 e. The molecule has 0 aliphatic heterocycles. The molecule has 41 heavy (non-hydrogen) atoms. The Balaban J connectivity index is 0.00000800. The van der Waals surface area contributed by atoms with Crippen molar-refractivity contribution < 1.29 is 89.9 Å². The van der Waals surface area contributed by atoms with Gasteiger partial charge >= 0.3 is 59.1 Å². The van der Waals surface area contributed by atoms with Gasteiger partial charge in [0.25, 0.3) is 5.13 Å². The zero-order valence-corrected chi connectivity index (χ0v) is 30.6. The molecule has 0 fully saturated rings. The zero-order chi connectivity index (χ0) is 29.1. The van der Waals surface area contributed by atoms with E-state index in [4.69, 9.17) is 0 Å². The van der Waals surface area contributed by atoms with Gasteiger partial charge in [-0.25, -0.2) is 16.8 Å². The summed E-state index contributed by atoms with van der Waals surface area (Å²) in [5, 5.41) is 20.6. The molecular weight excluding hydrogens is 614 g/mol. The summed E-state index contributed by atoms with van der Waals surface area (Å²) in [4.78, 5) is 13.4. The summed E-state index contributed by atoms with van der Waals surface area (Å²) >= 11 is 1.33. The number of anilines is 2. The Bertz CT molecular complexity index is 1300. The Morgan fingerprint density at radius 1 is 1.02 bits per heavy atom. The summed E-state index contributed by atoms with van der Waals surface area (Å²) < 4.78 is 67.0. The Kier molecular flexibility index (Phi) is 19.4. The van der Waals surface area contributed by atoms with E-state index in [0.717, 1.165) is 37.1 Å². The van der Waals surface area contributed by atoms with E-state index < -0.39 is 31.7 Å². The molecule has 0 bridgehead atoms. The van der Waals surface area contributed by atoms with Crippen LogP contribution in [-0.2, 0) is 31.5 Å². The number of nitrogens with one attached hydrogen (secondary N) is 1. The third kappa shape index (κ3) is 16.2. The number of carbonyl (C=O) groups excluding carboxylic acids is 1. The number of aromatic nitrogens is 2. The second-order valence-electron chi connectivity index (χ2n) is 8.91. The van der Waals surface area contributed by atoms with Gasteiger partial charge in [-0.3, -0.25) is 4.79 Å². The molecule has 0 radical (unpaired) electrons. The average Bonchev–Trinajstić information content (AvgIpc) is 3.31. The van der Waals surface area contributed by atoms with Crippen molar-refractivity contribution in [3.05, 3.63) is 23.2 Å². The van der Waals surface area contributed by atoms with Gasteiger partial charge in [0.1, 0.15) is 10.7 Å². The number of nitrogens with zero attached hydrogens (tertiary/aromatic N) is 5. The normalized spacial score (nSPS) is 12.4. The molecule has 0 aliphatic carbocycles. The van der Waals surface area contributed by atoms with Crippen LogP contribution in [0.4, 0.5) is 22.2 Å². The number of rotatable bonds is 17. The van der Waals surface area contributed by atoms with Gasteiger partial charge in [0, 0.05) is 31.6 Å². The van der Waals surface area contributed by atoms with Gasteiger partial charge < -0.3 is 19.3 Å². The van der Waals surface area contributed by atoms with E-state index in [2.05, 4.69) is 39.6 Å². The summed E-state index contributed by atoms with van der Waals surface area (Å²) in [5.74, 6) is -1.43. The van der Waals surface area contributed by atoms with Crippen LogP contribution in [0.15, 0.2) is 28.4 Å². The molecule has 18 heteroatoms. The van der Waals surface area contributed by atoms with Crippen molar-refractivity contribution in [3.63, 3.8) is 0 Å². The molecule has 1 unspecified atom stereocenters. The van der Waals surface area contributed by atoms with Crippen LogP contribution < -0.4 is 69.3 Å². The average molecular weight is 649 g/mol. The van der Waals surface area contributed by atoms with Crippen LogP contribution in [-0.4, -0.2) is 66.6 Å². The number of unbranched alkanes of at least 4 members (excludes halogenated alkanes) is 1. The fraction of sp³-hybridized carbons (Fsp3) is 0.609. The molecule has 0 saturated heterocycles. The fourth-order valence-corrected chi connectivity index (χ4v) is 5.28. The molecule has 1 atom stereocenters. The van der Waals surface area contributed by atoms with E-state index in [1.165, 1.54) is 34.4 Å². The van der Waals surface area contributed by atoms with E-state index in [0.29, 0.717) is 11.0 Å². The van der Waals surface area contributed by atoms with Crippen LogP contribution in [0, 0.1) is 5.92 Å². The Morgan fingerprint density at radius 3 is 2.20 bits per heavy atom. The monoisotopic (exact) mass is 648 g/mol. The molecule has 2 rings (SSSR count). The molecule has 1 heterocycles. The molecule has 2 aromatic rings. The van der Waals surface area contributed by atoms with Crippen LogP contribution in [0.2, 0.25) is 0 Å². The quantitative estimate of drug-likeness (QED) is 0.113. The van der Waals surface area contributed by atoms with E-state index in [1.807, 2.05) is 0 Å². The first-order valence-corrected chi connectivity index (χ1v) is 16.6. The van der Waals surface area contributed by atoms with Crippen molar-refractivity contribution in [1.82, 2.24) is 10.2 Å². The maximum atomic E-state index is 12.2. The van der Waals surface area contributed by atoms with Gasteiger partial charge in [-0.1, -0.05) is 57.8 Å². The third-order valence-corrected chi connectivity index (χ3v) is 8.06. The molecule has 218 valence electrons. The van der Waals surface area contributed by atoms with Gasteiger partial charge in [-0.2, -0.15) is 0 Å². The van der Waals surface area contributed by atoms with Crippen LogP contribution in [0.5, 0.6) is 0 Å². The van der Waals surface area contributed by atoms with Crippen molar-refractivity contribution in [2.75, 3.05) is 34.8 Å². The Labute approximate surface area is 290 Å². The molecule has 1 amide bonds. The van der Waals surface area contributed by atoms with Crippen LogP contribution in [0.3, 0.4) is 0 Å². The second-order valence-corrected chi connectivity index (χ2v) is 13.0. The van der Waals surface area contributed by atoms with Crippen molar-refractivity contribution in [2.24, 2.45) is 16.1 Å². The first-order chi connectivity index (χ1) is 18.3. The minimum Gasteiger partial charge on any atom is -0.748 e. The maximum Gasteiger partial charge on any atom is 1.00 e. The molecule has 13 nitrogen and oxygen atoms in total. The summed E-state index contributed by atoms with van der Waals surface area (Å²) in [5.41, 5.74) is 0.765. The molecular formula is C23H34N6Na2O7S3. The predicted molar refractivity (Wildman–Crippen MR) is 148 cm³/mol. The summed E-state index contributed by atoms with van der Waals surface area (Å²) in [6.45, 7) is 5.25.